The Kier molecular flexibility index (Phi) is 6.72. The lowest BCUT2D eigenvalue weighted by atomic mass is 10.1. The third-order valence-electron chi connectivity index (χ3n) is 3.11. The van der Waals surface area contributed by atoms with Crippen molar-refractivity contribution in [1.82, 2.24) is 4.90 Å². The number of nitrogens with zero attached hydrogens (tertiary/aromatic N) is 1. The second-order valence-electron chi connectivity index (χ2n) is 5.27. The van der Waals surface area contributed by atoms with Gasteiger partial charge in [0.05, 0.1) is 19.1 Å². The molecule has 0 aromatic heterocycles. The van der Waals surface area contributed by atoms with E-state index >= 15 is 0 Å². The molecular weight excluding hydrogens is 268 g/mol. The first-order chi connectivity index (χ1) is 9.99. The second kappa shape index (κ2) is 8.29. The van der Waals surface area contributed by atoms with Crippen LogP contribution in [0.15, 0.2) is 24.3 Å². The maximum atomic E-state index is 12.7. The third kappa shape index (κ3) is 5.10. The molecule has 0 heterocycles. The second-order valence-corrected chi connectivity index (χ2v) is 5.27. The molecule has 0 aliphatic carbocycles. The minimum Gasteiger partial charge on any atom is -0.469 e. The van der Waals surface area contributed by atoms with Crippen molar-refractivity contribution in [2.45, 2.75) is 20.3 Å². The normalized spacial score (nSPS) is 10.3. The highest BCUT2D eigenvalue weighted by Crippen LogP contribution is 2.17. The van der Waals surface area contributed by atoms with Gasteiger partial charge in [0.2, 0.25) is 0 Å². The zero-order valence-electron chi connectivity index (χ0n) is 13.2. The summed E-state index contributed by atoms with van der Waals surface area (Å²) in [5, 5.41) is 3.02. The topological polar surface area (TPSA) is 58.6 Å². The molecule has 0 radical (unpaired) electrons. The van der Waals surface area contributed by atoms with Gasteiger partial charge >= 0.3 is 5.97 Å². The Morgan fingerprint density at radius 3 is 2.52 bits per heavy atom. The molecule has 0 bridgehead atoms. The zero-order chi connectivity index (χ0) is 15.8. The molecule has 1 aromatic rings. The van der Waals surface area contributed by atoms with Gasteiger partial charge in [0, 0.05) is 25.8 Å². The van der Waals surface area contributed by atoms with Crippen LogP contribution in [0.1, 0.15) is 30.6 Å². The van der Waals surface area contributed by atoms with E-state index in [1.165, 1.54) is 7.11 Å². The Hall–Kier alpha value is -2.04. The predicted octanol–water partition coefficient (Wildman–Crippen LogP) is 2.39. The highest BCUT2D eigenvalue weighted by molar-refractivity contribution is 5.99. The average Bonchev–Trinajstić information content (AvgIpc) is 2.49. The maximum absolute atomic E-state index is 12.7. The van der Waals surface area contributed by atoms with E-state index in [0.717, 1.165) is 5.69 Å². The van der Waals surface area contributed by atoms with Crippen LogP contribution in [0, 0.1) is 5.92 Å². The van der Waals surface area contributed by atoms with Gasteiger partial charge in [0.25, 0.3) is 5.91 Å². The van der Waals surface area contributed by atoms with Gasteiger partial charge in [0.1, 0.15) is 0 Å². The van der Waals surface area contributed by atoms with Gasteiger partial charge in [0.15, 0.2) is 0 Å². The summed E-state index contributed by atoms with van der Waals surface area (Å²) in [7, 11) is 3.14. The molecule has 1 aromatic carbocycles. The average molecular weight is 292 g/mol. The van der Waals surface area contributed by atoms with Crippen LogP contribution in [0.4, 0.5) is 5.69 Å². The fourth-order valence-electron chi connectivity index (χ4n) is 2.10. The van der Waals surface area contributed by atoms with Gasteiger partial charge < -0.3 is 15.0 Å². The van der Waals surface area contributed by atoms with Crippen LogP contribution in [0.3, 0.4) is 0 Å². The molecule has 0 atom stereocenters. The molecule has 1 rings (SSSR count). The van der Waals surface area contributed by atoms with Gasteiger partial charge in [-0.15, -0.1) is 0 Å². The molecule has 0 aliphatic heterocycles. The van der Waals surface area contributed by atoms with E-state index in [0.29, 0.717) is 24.6 Å². The maximum Gasteiger partial charge on any atom is 0.307 e. The van der Waals surface area contributed by atoms with Crippen LogP contribution in [0.5, 0.6) is 0 Å². The van der Waals surface area contributed by atoms with E-state index in [9.17, 15) is 9.59 Å². The van der Waals surface area contributed by atoms with E-state index < -0.39 is 0 Å². The number of rotatable bonds is 7. The molecule has 1 amide bonds. The van der Waals surface area contributed by atoms with Crippen molar-refractivity contribution in [3.05, 3.63) is 29.8 Å². The van der Waals surface area contributed by atoms with Crippen LogP contribution in [-0.4, -0.2) is 44.0 Å². The van der Waals surface area contributed by atoms with Crippen LogP contribution in [0.2, 0.25) is 0 Å². The first-order valence-electron chi connectivity index (χ1n) is 7.12. The van der Waals surface area contributed by atoms with E-state index in [2.05, 4.69) is 10.1 Å². The molecule has 0 unspecified atom stereocenters. The highest BCUT2D eigenvalue weighted by Gasteiger charge is 2.20. The van der Waals surface area contributed by atoms with Gasteiger partial charge in [-0.25, -0.2) is 0 Å². The molecule has 5 nitrogen and oxygen atoms in total. The Balaban J connectivity index is 2.90. The van der Waals surface area contributed by atoms with Crippen molar-refractivity contribution in [1.29, 1.82) is 0 Å². The largest absolute Gasteiger partial charge is 0.469 e. The number of hydrogen-bond acceptors (Lipinski definition) is 4. The fourth-order valence-corrected chi connectivity index (χ4v) is 2.10. The Labute approximate surface area is 126 Å². The minimum absolute atomic E-state index is 0.0717. The summed E-state index contributed by atoms with van der Waals surface area (Å²) in [4.78, 5) is 25.7. The lowest BCUT2D eigenvalue weighted by Gasteiger charge is -2.25. The molecule has 0 fully saturated rings. The molecule has 0 saturated heterocycles. The van der Waals surface area contributed by atoms with E-state index in [1.54, 1.807) is 18.0 Å². The van der Waals surface area contributed by atoms with Gasteiger partial charge in [-0.3, -0.25) is 9.59 Å². The Bertz CT molecular complexity index is 486. The fraction of sp³-hybridized carbons (Fsp3) is 0.500. The number of para-hydroxylation sites is 1. The summed E-state index contributed by atoms with van der Waals surface area (Å²) in [6.45, 7) is 5.06. The molecule has 116 valence electrons. The number of ether oxygens (including phenoxy) is 1. The van der Waals surface area contributed by atoms with Crippen LogP contribution in [-0.2, 0) is 9.53 Å². The molecule has 0 saturated carbocycles. The summed E-state index contributed by atoms with van der Waals surface area (Å²) < 4.78 is 4.65. The number of hydrogen-bond donors (Lipinski definition) is 1. The van der Waals surface area contributed by atoms with Gasteiger partial charge in [-0.2, -0.15) is 0 Å². The minimum atomic E-state index is -0.307. The molecule has 1 N–H and O–H groups in total. The monoisotopic (exact) mass is 292 g/mol. The number of methoxy groups -OCH3 is 1. The summed E-state index contributed by atoms with van der Waals surface area (Å²) >= 11 is 0. The summed E-state index contributed by atoms with van der Waals surface area (Å²) in [6, 6.07) is 7.37. The Morgan fingerprint density at radius 1 is 1.29 bits per heavy atom. The van der Waals surface area contributed by atoms with Crippen molar-refractivity contribution in [2.75, 3.05) is 32.6 Å². The number of esters is 1. The molecule has 5 heteroatoms. The number of anilines is 1. The molecular formula is C16H24N2O3. The first-order valence-corrected chi connectivity index (χ1v) is 7.12. The van der Waals surface area contributed by atoms with Crippen LogP contribution < -0.4 is 5.32 Å². The van der Waals surface area contributed by atoms with Gasteiger partial charge in [-0.1, -0.05) is 26.0 Å². The molecule has 0 spiro atoms. The van der Waals surface area contributed by atoms with Crippen molar-refractivity contribution in [2.24, 2.45) is 5.92 Å². The van der Waals surface area contributed by atoms with Crippen molar-refractivity contribution in [3.8, 4) is 0 Å². The van der Waals surface area contributed by atoms with Crippen molar-refractivity contribution in [3.63, 3.8) is 0 Å². The molecule has 0 aliphatic rings. The number of nitrogens with one attached hydrogen (secondary N) is 1. The number of benzene rings is 1. The number of carbonyl (C=O) groups excluding carboxylic acids is 2. The van der Waals surface area contributed by atoms with Crippen molar-refractivity contribution < 1.29 is 14.3 Å². The number of amides is 1. The highest BCUT2D eigenvalue weighted by atomic mass is 16.5. The standard InChI is InChI=1S/C16H24N2O3/c1-12(2)11-18(10-9-15(19)21-4)16(20)13-7-5-6-8-14(13)17-3/h5-8,12,17H,9-11H2,1-4H3. The van der Waals surface area contributed by atoms with E-state index in [-0.39, 0.29) is 18.3 Å². The quantitative estimate of drug-likeness (QED) is 0.784. The molecule has 21 heavy (non-hydrogen) atoms. The zero-order valence-corrected chi connectivity index (χ0v) is 13.2. The SMILES string of the molecule is CNc1ccccc1C(=O)N(CCC(=O)OC)CC(C)C. The lowest BCUT2D eigenvalue weighted by Crippen LogP contribution is -2.36. The van der Waals surface area contributed by atoms with Crippen LogP contribution in [0.25, 0.3) is 0 Å². The summed E-state index contributed by atoms with van der Waals surface area (Å²) in [5.41, 5.74) is 1.40. The lowest BCUT2D eigenvalue weighted by molar-refractivity contribution is -0.140. The van der Waals surface area contributed by atoms with Crippen LogP contribution >= 0.6 is 0 Å². The summed E-state index contributed by atoms with van der Waals surface area (Å²) in [5.74, 6) is -0.0515. The first kappa shape index (κ1) is 17.0. The number of carbonyl (C=O) groups is 2. The van der Waals surface area contributed by atoms with E-state index in [1.807, 2.05) is 32.0 Å². The van der Waals surface area contributed by atoms with Crippen molar-refractivity contribution >= 4 is 17.6 Å². The summed E-state index contributed by atoms with van der Waals surface area (Å²) in [6.07, 6.45) is 0.205. The smallest absolute Gasteiger partial charge is 0.307 e. The third-order valence-corrected chi connectivity index (χ3v) is 3.11. The van der Waals surface area contributed by atoms with Gasteiger partial charge in [-0.05, 0) is 18.1 Å². The van der Waals surface area contributed by atoms with E-state index in [4.69, 9.17) is 0 Å². The Morgan fingerprint density at radius 2 is 1.95 bits per heavy atom. The predicted molar refractivity (Wildman–Crippen MR) is 83.4 cm³/mol.